The molecule has 1 aliphatic rings. The lowest BCUT2D eigenvalue weighted by molar-refractivity contribution is -0.158. The van der Waals surface area contributed by atoms with Gasteiger partial charge in [-0.05, 0) is 12.5 Å². The summed E-state index contributed by atoms with van der Waals surface area (Å²) in [5, 5.41) is 2.49. The van der Waals surface area contributed by atoms with E-state index < -0.39 is 30.6 Å². The molecular weight excluding hydrogens is 313 g/mol. The summed E-state index contributed by atoms with van der Waals surface area (Å²) in [6, 6.07) is 6.02. The van der Waals surface area contributed by atoms with Crippen LogP contribution >= 0.6 is 0 Å². The van der Waals surface area contributed by atoms with Gasteiger partial charge in [-0.1, -0.05) is 18.2 Å². The van der Waals surface area contributed by atoms with Gasteiger partial charge in [-0.3, -0.25) is 9.59 Å². The Labute approximate surface area is 131 Å². The molecule has 1 aromatic rings. The van der Waals surface area contributed by atoms with Crippen molar-refractivity contribution in [1.29, 1.82) is 0 Å². The Hall–Kier alpha value is -2.25. The van der Waals surface area contributed by atoms with Gasteiger partial charge in [0.2, 0.25) is 11.8 Å². The molecule has 1 unspecified atom stereocenters. The molecule has 126 valence electrons. The normalized spacial score (nSPS) is 18.2. The number of hydrogen-bond donors (Lipinski definition) is 1. The topological polar surface area (TPSA) is 58.6 Å². The molecular formula is C15H17F3N2O3. The summed E-state index contributed by atoms with van der Waals surface area (Å²) in [4.78, 5) is 24.6. The lowest BCUT2D eigenvalue weighted by atomic mass is 10.1. The fourth-order valence-corrected chi connectivity index (χ4v) is 2.51. The molecule has 5 nitrogen and oxygen atoms in total. The molecule has 2 amide bonds. The molecule has 23 heavy (non-hydrogen) atoms. The Morgan fingerprint density at radius 2 is 2.09 bits per heavy atom. The Kier molecular flexibility index (Phi) is 5.12. The number of para-hydroxylation sites is 1. The molecule has 1 heterocycles. The summed E-state index contributed by atoms with van der Waals surface area (Å²) in [5.74, 6) is -0.587. The molecule has 1 fully saturated rings. The largest absolute Gasteiger partial charge is 0.496 e. The van der Waals surface area contributed by atoms with Crippen LogP contribution in [0.15, 0.2) is 24.3 Å². The van der Waals surface area contributed by atoms with Crippen LogP contribution < -0.4 is 10.1 Å². The predicted molar refractivity (Wildman–Crippen MR) is 75.9 cm³/mol. The number of alkyl halides is 3. The van der Waals surface area contributed by atoms with Crippen molar-refractivity contribution in [3.8, 4) is 5.75 Å². The first-order chi connectivity index (χ1) is 10.8. The fraction of sp³-hybridized carbons (Fsp3) is 0.467. The van der Waals surface area contributed by atoms with E-state index in [9.17, 15) is 22.8 Å². The van der Waals surface area contributed by atoms with Crippen LogP contribution in [0.3, 0.4) is 0 Å². The standard InChI is InChI=1S/C15H17F3N2O3/c1-23-12-5-3-2-4-10(12)8-13(21)19-11-6-7-20(14(11)22)9-15(16,17)18/h2-5,11H,6-9H2,1H3,(H,19,21). The van der Waals surface area contributed by atoms with Crippen LogP contribution in [0.5, 0.6) is 5.75 Å². The van der Waals surface area contributed by atoms with E-state index in [0.717, 1.165) is 0 Å². The van der Waals surface area contributed by atoms with Crippen LogP contribution in [0.4, 0.5) is 13.2 Å². The van der Waals surface area contributed by atoms with E-state index in [0.29, 0.717) is 16.2 Å². The summed E-state index contributed by atoms with van der Waals surface area (Å²) in [6.45, 7) is -1.30. The quantitative estimate of drug-likeness (QED) is 0.890. The van der Waals surface area contributed by atoms with E-state index in [4.69, 9.17) is 4.74 Å². The van der Waals surface area contributed by atoms with Crippen molar-refractivity contribution in [3.05, 3.63) is 29.8 Å². The highest BCUT2D eigenvalue weighted by Crippen LogP contribution is 2.21. The van der Waals surface area contributed by atoms with Gasteiger partial charge in [0.1, 0.15) is 18.3 Å². The Morgan fingerprint density at radius 1 is 1.39 bits per heavy atom. The molecule has 0 spiro atoms. The minimum Gasteiger partial charge on any atom is -0.496 e. The maximum absolute atomic E-state index is 12.3. The van der Waals surface area contributed by atoms with Crippen molar-refractivity contribution >= 4 is 11.8 Å². The smallest absolute Gasteiger partial charge is 0.406 e. The number of nitrogens with zero attached hydrogens (tertiary/aromatic N) is 1. The SMILES string of the molecule is COc1ccccc1CC(=O)NC1CCN(CC(F)(F)F)C1=O. The van der Waals surface area contributed by atoms with Gasteiger partial charge >= 0.3 is 6.18 Å². The summed E-state index contributed by atoms with van der Waals surface area (Å²) >= 11 is 0. The molecule has 2 rings (SSSR count). The van der Waals surface area contributed by atoms with Gasteiger partial charge in [0.15, 0.2) is 0 Å². The minimum absolute atomic E-state index is 0.00688. The third-order valence-corrected chi connectivity index (χ3v) is 3.55. The lowest BCUT2D eigenvalue weighted by Crippen LogP contribution is -2.44. The second kappa shape index (κ2) is 6.89. The van der Waals surface area contributed by atoms with E-state index in [1.165, 1.54) is 7.11 Å². The maximum Gasteiger partial charge on any atom is 0.406 e. The average Bonchev–Trinajstić information content (AvgIpc) is 2.79. The van der Waals surface area contributed by atoms with Gasteiger partial charge in [0, 0.05) is 12.1 Å². The lowest BCUT2D eigenvalue weighted by Gasteiger charge is -2.18. The zero-order valence-corrected chi connectivity index (χ0v) is 12.5. The molecule has 0 aliphatic carbocycles. The number of ether oxygens (including phenoxy) is 1. The van der Waals surface area contributed by atoms with Crippen LogP contribution in [0.2, 0.25) is 0 Å². The van der Waals surface area contributed by atoms with Gasteiger partial charge in [-0.15, -0.1) is 0 Å². The molecule has 1 atom stereocenters. The number of carbonyl (C=O) groups is 2. The van der Waals surface area contributed by atoms with Gasteiger partial charge in [0.05, 0.1) is 13.5 Å². The number of likely N-dealkylation sites (tertiary alicyclic amines) is 1. The van der Waals surface area contributed by atoms with Crippen LogP contribution in [-0.2, 0) is 16.0 Å². The number of amides is 2. The maximum atomic E-state index is 12.3. The van der Waals surface area contributed by atoms with E-state index >= 15 is 0 Å². The first kappa shape index (κ1) is 17.1. The van der Waals surface area contributed by atoms with Crippen molar-refractivity contribution in [2.75, 3.05) is 20.2 Å². The summed E-state index contributed by atoms with van der Waals surface area (Å²) in [7, 11) is 1.48. The van der Waals surface area contributed by atoms with Gasteiger partial charge in [-0.2, -0.15) is 13.2 Å². The van der Waals surface area contributed by atoms with Gasteiger partial charge < -0.3 is 15.0 Å². The zero-order chi connectivity index (χ0) is 17.0. The minimum atomic E-state index is -4.44. The molecule has 0 aromatic heterocycles. The number of benzene rings is 1. The van der Waals surface area contributed by atoms with Crippen molar-refractivity contribution in [1.82, 2.24) is 10.2 Å². The third-order valence-electron chi connectivity index (χ3n) is 3.55. The number of methoxy groups -OCH3 is 1. The molecule has 1 N–H and O–H groups in total. The summed E-state index contributed by atoms with van der Waals surface area (Å²) in [6.07, 6.45) is -4.27. The van der Waals surface area contributed by atoms with Crippen molar-refractivity contribution in [2.45, 2.75) is 25.1 Å². The monoisotopic (exact) mass is 330 g/mol. The Balaban J connectivity index is 1.92. The number of carbonyl (C=O) groups excluding carboxylic acids is 2. The van der Waals surface area contributed by atoms with Crippen LogP contribution in [0, 0.1) is 0 Å². The number of halogens is 3. The van der Waals surface area contributed by atoms with Gasteiger partial charge in [0.25, 0.3) is 0 Å². The molecule has 0 saturated carbocycles. The van der Waals surface area contributed by atoms with E-state index in [1.54, 1.807) is 24.3 Å². The first-order valence-electron chi connectivity index (χ1n) is 7.07. The van der Waals surface area contributed by atoms with Crippen LogP contribution in [0.25, 0.3) is 0 Å². The number of hydrogen-bond acceptors (Lipinski definition) is 3. The molecule has 1 aliphatic heterocycles. The van der Waals surface area contributed by atoms with Crippen molar-refractivity contribution in [3.63, 3.8) is 0 Å². The predicted octanol–water partition coefficient (Wildman–Crippen LogP) is 1.52. The number of rotatable bonds is 5. The van der Waals surface area contributed by atoms with Crippen molar-refractivity contribution < 1.29 is 27.5 Å². The van der Waals surface area contributed by atoms with Crippen LogP contribution in [0.1, 0.15) is 12.0 Å². The Morgan fingerprint density at radius 3 is 2.74 bits per heavy atom. The van der Waals surface area contributed by atoms with E-state index in [2.05, 4.69) is 5.32 Å². The summed E-state index contributed by atoms with van der Waals surface area (Å²) in [5.41, 5.74) is 0.644. The van der Waals surface area contributed by atoms with Crippen LogP contribution in [-0.4, -0.2) is 49.1 Å². The molecule has 0 bridgehead atoms. The second-order valence-corrected chi connectivity index (χ2v) is 5.27. The molecule has 1 saturated heterocycles. The Bertz CT molecular complexity index is 590. The van der Waals surface area contributed by atoms with Gasteiger partial charge in [-0.25, -0.2) is 0 Å². The van der Waals surface area contributed by atoms with E-state index in [1.807, 2.05) is 0 Å². The fourth-order valence-electron chi connectivity index (χ4n) is 2.51. The molecule has 8 heteroatoms. The molecule has 0 radical (unpaired) electrons. The average molecular weight is 330 g/mol. The van der Waals surface area contributed by atoms with E-state index in [-0.39, 0.29) is 19.4 Å². The third kappa shape index (κ3) is 4.61. The van der Waals surface area contributed by atoms with Crippen molar-refractivity contribution in [2.24, 2.45) is 0 Å². The highest BCUT2D eigenvalue weighted by atomic mass is 19.4. The first-order valence-corrected chi connectivity index (χ1v) is 7.07. The molecule has 1 aromatic carbocycles. The number of nitrogens with one attached hydrogen (secondary N) is 1. The highest BCUT2D eigenvalue weighted by molar-refractivity contribution is 5.90. The zero-order valence-electron chi connectivity index (χ0n) is 12.5. The highest BCUT2D eigenvalue weighted by Gasteiger charge is 2.39. The summed E-state index contributed by atoms with van der Waals surface area (Å²) < 4.78 is 42.2. The second-order valence-electron chi connectivity index (χ2n) is 5.27.